The first-order valence-electron chi connectivity index (χ1n) is 6.75. The topological polar surface area (TPSA) is 41.1 Å². The minimum Gasteiger partial charge on any atom is -0.346 e. The van der Waals surface area contributed by atoms with E-state index in [0.717, 1.165) is 53.7 Å². The van der Waals surface area contributed by atoms with Crippen LogP contribution in [0.1, 0.15) is 0 Å². The smallest absolute Gasteiger partial charge is 0.208 e. The minimum atomic E-state index is 0.795. The van der Waals surface area contributed by atoms with Crippen molar-refractivity contribution in [1.29, 1.82) is 0 Å². The summed E-state index contributed by atoms with van der Waals surface area (Å²) >= 11 is 1.71. The highest BCUT2D eigenvalue weighted by molar-refractivity contribution is 7.18. The third kappa shape index (κ3) is 2.03. The molecule has 2 aliphatic rings. The highest BCUT2D eigenvalue weighted by Gasteiger charge is 2.37. The van der Waals surface area contributed by atoms with Crippen molar-refractivity contribution in [3.63, 3.8) is 0 Å². The zero-order chi connectivity index (χ0) is 12.7. The van der Waals surface area contributed by atoms with E-state index in [-0.39, 0.29) is 0 Å². The molecule has 0 radical (unpaired) electrons. The van der Waals surface area contributed by atoms with Gasteiger partial charge in [0, 0.05) is 31.7 Å². The van der Waals surface area contributed by atoms with Gasteiger partial charge in [-0.3, -0.25) is 0 Å². The lowest BCUT2D eigenvalue weighted by Gasteiger charge is -2.14. The van der Waals surface area contributed by atoms with Crippen LogP contribution in [-0.2, 0) is 0 Å². The highest BCUT2D eigenvalue weighted by atomic mass is 32.1. The van der Waals surface area contributed by atoms with Crippen LogP contribution < -0.4 is 10.2 Å². The molecule has 19 heavy (non-hydrogen) atoms. The van der Waals surface area contributed by atoms with E-state index in [9.17, 15) is 0 Å². The molecule has 2 aliphatic heterocycles. The Morgan fingerprint density at radius 3 is 2.53 bits per heavy atom. The summed E-state index contributed by atoms with van der Waals surface area (Å²) in [6.07, 6.45) is 0. The molecule has 2 aromatic rings. The lowest BCUT2D eigenvalue weighted by atomic mass is 10.0. The van der Waals surface area contributed by atoms with Crippen molar-refractivity contribution < 1.29 is 0 Å². The van der Waals surface area contributed by atoms with Gasteiger partial charge in [0.1, 0.15) is 5.01 Å². The molecule has 2 atom stereocenters. The van der Waals surface area contributed by atoms with Gasteiger partial charge < -0.3 is 10.2 Å². The van der Waals surface area contributed by atoms with E-state index in [2.05, 4.69) is 32.5 Å². The molecule has 2 unspecified atom stereocenters. The summed E-state index contributed by atoms with van der Waals surface area (Å²) in [5.41, 5.74) is 1.16. The lowest BCUT2D eigenvalue weighted by Crippen LogP contribution is -2.25. The van der Waals surface area contributed by atoms with Crippen molar-refractivity contribution in [2.75, 3.05) is 31.1 Å². The molecule has 1 aromatic heterocycles. The largest absolute Gasteiger partial charge is 0.346 e. The summed E-state index contributed by atoms with van der Waals surface area (Å²) in [4.78, 5) is 2.40. The zero-order valence-corrected chi connectivity index (χ0v) is 11.4. The average molecular weight is 272 g/mol. The number of anilines is 1. The minimum absolute atomic E-state index is 0.795. The Morgan fingerprint density at radius 1 is 1.05 bits per heavy atom. The second kappa shape index (κ2) is 4.58. The standard InChI is InChI=1S/C14H16N4S/c1-2-4-10(5-3-1)13-16-17-14(19-13)18-8-11-6-15-7-12(11)9-18/h1-5,11-12,15H,6-9H2. The Labute approximate surface area is 116 Å². The molecule has 98 valence electrons. The molecule has 0 aliphatic carbocycles. The van der Waals surface area contributed by atoms with Gasteiger partial charge in [-0.25, -0.2) is 0 Å². The van der Waals surface area contributed by atoms with E-state index < -0.39 is 0 Å². The second-order valence-electron chi connectivity index (χ2n) is 5.34. The molecule has 5 heteroatoms. The molecule has 1 aromatic carbocycles. The summed E-state index contributed by atoms with van der Waals surface area (Å²) in [6.45, 7) is 4.57. The van der Waals surface area contributed by atoms with Crippen LogP contribution in [0.25, 0.3) is 10.6 Å². The first kappa shape index (κ1) is 11.4. The van der Waals surface area contributed by atoms with Gasteiger partial charge in [0.05, 0.1) is 0 Å². The lowest BCUT2D eigenvalue weighted by molar-refractivity contribution is 0.533. The van der Waals surface area contributed by atoms with Crippen LogP contribution in [0.5, 0.6) is 0 Å². The van der Waals surface area contributed by atoms with Crippen LogP contribution in [0, 0.1) is 11.8 Å². The Hall–Kier alpha value is -1.46. The maximum Gasteiger partial charge on any atom is 0.208 e. The highest BCUT2D eigenvalue weighted by Crippen LogP contribution is 2.34. The number of benzene rings is 1. The second-order valence-corrected chi connectivity index (χ2v) is 6.30. The van der Waals surface area contributed by atoms with E-state index in [0.29, 0.717) is 0 Å². The van der Waals surface area contributed by atoms with E-state index in [1.54, 1.807) is 11.3 Å². The summed E-state index contributed by atoms with van der Waals surface area (Å²) in [5.74, 6) is 1.59. The predicted molar refractivity (Wildman–Crippen MR) is 77.4 cm³/mol. The number of fused-ring (bicyclic) bond motifs is 1. The number of hydrogen-bond donors (Lipinski definition) is 1. The average Bonchev–Trinajstić information content (AvgIpc) is 3.14. The van der Waals surface area contributed by atoms with Crippen molar-refractivity contribution in [3.8, 4) is 10.6 Å². The third-order valence-corrected chi connectivity index (χ3v) is 5.13. The maximum atomic E-state index is 4.38. The van der Waals surface area contributed by atoms with Crippen molar-refractivity contribution in [2.24, 2.45) is 11.8 Å². The molecule has 4 nitrogen and oxygen atoms in total. The van der Waals surface area contributed by atoms with Gasteiger partial charge in [-0.1, -0.05) is 41.7 Å². The van der Waals surface area contributed by atoms with Crippen LogP contribution >= 0.6 is 11.3 Å². The van der Waals surface area contributed by atoms with Gasteiger partial charge in [0.25, 0.3) is 0 Å². The van der Waals surface area contributed by atoms with Crippen LogP contribution in [0.4, 0.5) is 5.13 Å². The predicted octanol–water partition coefficient (Wildman–Crippen LogP) is 1.86. The molecule has 0 saturated carbocycles. The van der Waals surface area contributed by atoms with E-state index >= 15 is 0 Å². The molecule has 0 spiro atoms. The summed E-state index contributed by atoms with van der Waals surface area (Å²) in [5, 5.41) is 14.3. The number of nitrogens with one attached hydrogen (secondary N) is 1. The number of rotatable bonds is 2. The third-order valence-electron chi connectivity index (χ3n) is 4.10. The fourth-order valence-corrected chi connectivity index (χ4v) is 3.92. The van der Waals surface area contributed by atoms with Gasteiger partial charge in [-0.15, -0.1) is 10.2 Å². The van der Waals surface area contributed by atoms with E-state index in [1.807, 2.05) is 18.2 Å². The number of hydrogen-bond acceptors (Lipinski definition) is 5. The van der Waals surface area contributed by atoms with Gasteiger partial charge in [-0.2, -0.15) is 0 Å². The molecule has 0 bridgehead atoms. The quantitative estimate of drug-likeness (QED) is 0.906. The summed E-state index contributed by atoms with van der Waals surface area (Å²) in [6, 6.07) is 10.3. The van der Waals surface area contributed by atoms with Crippen molar-refractivity contribution in [3.05, 3.63) is 30.3 Å². The summed E-state index contributed by atoms with van der Waals surface area (Å²) in [7, 11) is 0. The first-order valence-corrected chi connectivity index (χ1v) is 7.56. The van der Waals surface area contributed by atoms with Gasteiger partial charge in [-0.05, 0) is 11.8 Å². The molecule has 4 rings (SSSR count). The zero-order valence-electron chi connectivity index (χ0n) is 10.6. The van der Waals surface area contributed by atoms with Crippen molar-refractivity contribution in [2.45, 2.75) is 0 Å². The van der Waals surface area contributed by atoms with Crippen LogP contribution in [0.2, 0.25) is 0 Å². The van der Waals surface area contributed by atoms with Gasteiger partial charge in [0.15, 0.2) is 0 Å². The fourth-order valence-electron chi connectivity index (χ4n) is 3.05. The normalized spacial score (nSPS) is 25.8. The fraction of sp³-hybridized carbons (Fsp3) is 0.429. The molecule has 1 N–H and O–H groups in total. The molecular weight excluding hydrogens is 256 g/mol. The Morgan fingerprint density at radius 2 is 1.79 bits per heavy atom. The maximum absolute atomic E-state index is 4.38. The SMILES string of the molecule is c1ccc(-c2nnc(N3CC4CNCC4C3)s2)cc1. The Bertz CT molecular complexity index is 556. The van der Waals surface area contributed by atoms with E-state index in [1.165, 1.54) is 0 Å². The van der Waals surface area contributed by atoms with Gasteiger partial charge >= 0.3 is 0 Å². The van der Waals surface area contributed by atoms with Crippen LogP contribution in [0.15, 0.2) is 30.3 Å². The van der Waals surface area contributed by atoms with Crippen LogP contribution in [0.3, 0.4) is 0 Å². The van der Waals surface area contributed by atoms with E-state index in [4.69, 9.17) is 0 Å². The van der Waals surface area contributed by atoms with Crippen molar-refractivity contribution >= 4 is 16.5 Å². The Kier molecular flexibility index (Phi) is 2.74. The number of nitrogens with zero attached hydrogens (tertiary/aromatic N) is 3. The monoisotopic (exact) mass is 272 g/mol. The summed E-state index contributed by atoms with van der Waals surface area (Å²) < 4.78 is 0. The van der Waals surface area contributed by atoms with Gasteiger partial charge in [0.2, 0.25) is 5.13 Å². The number of aromatic nitrogens is 2. The first-order chi connectivity index (χ1) is 9.40. The molecule has 2 fully saturated rings. The molecule has 2 saturated heterocycles. The Balaban J connectivity index is 1.56. The molecule has 3 heterocycles. The van der Waals surface area contributed by atoms with Crippen LogP contribution in [-0.4, -0.2) is 36.4 Å². The molecular formula is C14H16N4S. The van der Waals surface area contributed by atoms with Crippen molar-refractivity contribution in [1.82, 2.24) is 15.5 Å². The molecule has 0 amide bonds.